The molecule has 2 saturated heterocycles. The number of aliphatic imine (C=N–C) groups is 1. The van der Waals surface area contributed by atoms with Crippen molar-refractivity contribution in [2.45, 2.75) is 38.1 Å². The predicted octanol–water partition coefficient (Wildman–Crippen LogP) is 3.69. The molecule has 4 atom stereocenters. The summed E-state index contributed by atoms with van der Waals surface area (Å²) in [6.07, 6.45) is 4.50. The van der Waals surface area contributed by atoms with E-state index >= 15 is 0 Å². The van der Waals surface area contributed by atoms with E-state index in [2.05, 4.69) is 17.9 Å². The summed E-state index contributed by atoms with van der Waals surface area (Å²) in [7, 11) is 4.74. The second-order valence-corrected chi connectivity index (χ2v) is 8.09. The van der Waals surface area contributed by atoms with E-state index in [9.17, 15) is 4.79 Å². The van der Waals surface area contributed by atoms with Gasteiger partial charge in [-0.15, -0.1) is 0 Å². The molecule has 1 aromatic carbocycles. The molecule has 2 fully saturated rings. The molecule has 0 saturated carbocycles. The molecule has 6 nitrogen and oxygen atoms in total. The first kappa shape index (κ1) is 20.0. The van der Waals surface area contributed by atoms with Crippen molar-refractivity contribution in [1.29, 1.82) is 0 Å². The first-order chi connectivity index (χ1) is 14.1. The lowest BCUT2D eigenvalue weighted by Crippen LogP contribution is -2.55. The number of hydrogen-bond acceptors (Lipinski definition) is 6. The lowest BCUT2D eigenvalue weighted by Gasteiger charge is -2.48. The molecule has 0 radical (unpaired) electrons. The third kappa shape index (κ3) is 3.33. The lowest BCUT2D eigenvalue weighted by atomic mass is 9.71. The molecular formula is C23H30N2O4. The monoisotopic (exact) mass is 398 g/mol. The maximum atomic E-state index is 12.5. The maximum absolute atomic E-state index is 12.5. The number of carbonyl (C=O) groups is 1. The van der Waals surface area contributed by atoms with Gasteiger partial charge in [0.05, 0.1) is 38.9 Å². The summed E-state index contributed by atoms with van der Waals surface area (Å²) in [5.74, 6) is 1.42. The molecule has 4 unspecified atom stereocenters. The Bertz CT molecular complexity index is 847. The molecule has 156 valence electrons. The molecule has 0 bridgehead atoms. The van der Waals surface area contributed by atoms with E-state index in [-0.39, 0.29) is 17.9 Å². The minimum atomic E-state index is -0.297. The lowest BCUT2D eigenvalue weighted by molar-refractivity contribution is -0.137. The number of esters is 1. The fraction of sp³-hybridized carbons (Fsp3) is 0.565. The Balaban J connectivity index is 1.68. The minimum absolute atomic E-state index is 0.0979. The topological polar surface area (TPSA) is 60.4 Å². The van der Waals surface area contributed by atoms with Crippen molar-refractivity contribution in [1.82, 2.24) is 4.90 Å². The van der Waals surface area contributed by atoms with Gasteiger partial charge in [0.25, 0.3) is 0 Å². The van der Waals surface area contributed by atoms with E-state index in [0.717, 1.165) is 43.8 Å². The van der Waals surface area contributed by atoms with Crippen LogP contribution in [-0.2, 0) is 14.3 Å². The largest absolute Gasteiger partial charge is 0.504 e. The number of benzene rings is 1. The Morgan fingerprint density at radius 3 is 2.83 bits per heavy atom. The highest BCUT2D eigenvalue weighted by atomic mass is 16.5. The van der Waals surface area contributed by atoms with Crippen LogP contribution in [0.1, 0.15) is 37.7 Å². The van der Waals surface area contributed by atoms with E-state index < -0.39 is 0 Å². The summed E-state index contributed by atoms with van der Waals surface area (Å²) >= 11 is 0. The number of methoxy groups -OCH3 is 3. The second-order valence-electron chi connectivity index (χ2n) is 8.09. The van der Waals surface area contributed by atoms with E-state index in [1.807, 2.05) is 12.1 Å². The third-order valence-electron chi connectivity index (χ3n) is 6.81. The molecule has 29 heavy (non-hydrogen) atoms. The van der Waals surface area contributed by atoms with Crippen LogP contribution < -0.4 is 4.74 Å². The van der Waals surface area contributed by atoms with Crippen LogP contribution in [0.2, 0.25) is 0 Å². The summed E-state index contributed by atoms with van der Waals surface area (Å²) in [6.45, 7) is 4.19. The minimum Gasteiger partial charge on any atom is -0.504 e. The van der Waals surface area contributed by atoms with Gasteiger partial charge in [0, 0.05) is 29.8 Å². The number of nitrogens with zero attached hydrogens (tertiary/aromatic N) is 2. The molecule has 3 aliphatic heterocycles. The second kappa shape index (κ2) is 8.19. The van der Waals surface area contributed by atoms with Crippen molar-refractivity contribution in [2.75, 3.05) is 34.4 Å². The van der Waals surface area contributed by atoms with Crippen LogP contribution >= 0.6 is 0 Å². The Morgan fingerprint density at radius 1 is 1.31 bits per heavy atom. The van der Waals surface area contributed by atoms with Crippen molar-refractivity contribution in [3.63, 3.8) is 0 Å². The summed E-state index contributed by atoms with van der Waals surface area (Å²) in [5, 5.41) is 0. The van der Waals surface area contributed by atoms with E-state index in [4.69, 9.17) is 19.2 Å². The summed E-state index contributed by atoms with van der Waals surface area (Å²) in [4.78, 5) is 20.1. The Morgan fingerprint density at radius 2 is 2.14 bits per heavy atom. The molecule has 0 spiro atoms. The van der Waals surface area contributed by atoms with Gasteiger partial charge in [0.15, 0.2) is 0 Å². The Kier molecular flexibility index (Phi) is 5.63. The van der Waals surface area contributed by atoms with Gasteiger partial charge in [-0.3, -0.25) is 9.89 Å². The molecule has 0 aromatic heterocycles. The van der Waals surface area contributed by atoms with Gasteiger partial charge in [0.2, 0.25) is 0 Å². The number of carbonyl (C=O) groups excluding carboxylic acids is 1. The van der Waals surface area contributed by atoms with Crippen molar-refractivity contribution >= 4 is 17.4 Å². The van der Waals surface area contributed by atoms with Gasteiger partial charge in [-0.25, -0.2) is 4.79 Å². The van der Waals surface area contributed by atoms with Crippen LogP contribution in [0.15, 0.2) is 35.0 Å². The van der Waals surface area contributed by atoms with Gasteiger partial charge < -0.3 is 14.2 Å². The maximum Gasteiger partial charge on any atom is 0.337 e. The third-order valence-corrected chi connectivity index (χ3v) is 6.81. The van der Waals surface area contributed by atoms with Gasteiger partial charge in [-0.1, -0.05) is 19.4 Å². The van der Waals surface area contributed by atoms with E-state index in [1.54, 1.807) is 20.5 Å². The summed E-state index contributed by atoms with van der Waals surface area (Å²) < 4.78 is 16.0. The zero-order valence-corrected chi connectivity index (χ0v) is 17.7. The number of hydrogen-bond donors (Lipinski definition) is 0. The van der Waals surface area contributed by atoms with Crippen LogP contribution in [0.3, 0.4) is 0 Å². The van der Waals surface area contributed by atoms with Gasteiger partial charge in [-0.2, -0.15) is 0 Å². The van der Waals surface area contributed by atoms with Crippen molar-refractivity contribution in [2.24, 2.45) is 16.8 Å². The predicted molar refractivity (Wildman–Crippen MR) is 112 cm³/mol. The first-order valence-electron chi connectivity index (χ1n) is 10.4. The highest BCUT2D eigenvalue weighted by Crippen LogP contribution is 2.49. The van der Waals surface area contributed by atoms with Crippen molar-refractivity contribution < 1.29 is 19.0 Å². The fourth-order valence-electron chi connectivity index (χ4n) is 5.44. The molecule has 3 aliphatic rings. The van der Waals surface area contributed by atoms with E-state index in [0.29, 0.717) is 17.4 Å². The number of piperidine rings is 2. The van der Waals surface area contributed by atoms with Crippen LogP contribution in [-0.4, -0.2) is 57.0 Å². The highest BCUT2D eigenvalue weighted by molar-refractivity contribution is 6.03. The average Bonchev–Trinajstić information content (AvgIpc) is 3.15. The van der Waals surface area contributed by atoms with Gasteiger partial charge in [0.1, 0.15) is 5.75 Å². The van der Waals surface area contributed by atoms with Gasteiger partial charge >= 0.3 is 5.97 Å². The summed E-state index contributed by atoms with van der Waals surface area (Å²) in [5.41, 5.74) is 4.11. The highest BCUT2D eigenvalue weighted by Gasteiger charge is 2.47. The molecule has 0 N–H and O–H groups in total. The van der Waals surface area contributed by atoms with Crippen molar-refractivity contribution in [3.8, 4) is 5.75 Å². The Hall–Kier alpha value is -2.34. The molecule has 1 aromatic rings. The molecule has 3 heterocycles. The van der Waals surface area contributed by atoms with E-state index in [1.165, 1.54) is 18.4 Å². The standard InChI is InChI=1S/C23H30N2O4/c1-5-14-12-25-10-9-15-21-18(7-6-8-20(21)28-3)24-22(15)19(25)11-16(14)17(13-27-2)23(26)29-4/h6-8,13-16,19H,5,9-12H2,1-4H3/b17-13-. The number of fused-ring (bicyclic) bond motifs is 5. The normalized spacial score (nSPS) is 28.7. The number of ether oxygens (including phenoxy) is 3. The quantitative estimate of drug-likeness (QED) is 0.430. The first-order valence-corrected chi connectivity index (χ1v) is 10.4. The molecular weight excluding hydrogens is 368 g/mol. The molecule has 0 aliphatic carbocycles. The molecule has 6 heteroatoms. The Labute approximate surface area is 172 Å². The number of rotatable bonds is 5. The van der Waals surface area contributed by atoms with Crippen LogP contribution in [0, 0.1) is 11.8 Å². The SMILES string of the molecule is CCC1CN2CCC3C(=Nc4cccc(OC)c43)C2CC1/C(=C/OC)C(=O)OC. The summed E-state index contributed by atoms with van der Waals surface area (Å²) in [6, 6.07) is 6.33. The van der Waals surface area contributed by atoms with Gasteiger partial charge in [-0.05, 0) is 43.4 Å². The molecule has 4 rings (SSSR count). The smallest absolute Gasteiger partial charge is 0.337 e. The van der Waals surface area contributed by atoms with Crippen LogP contribution in [0.4, 0.5) is 5.69 Å². The van der Waals surface area contributed by atoms with Crippen LogP contribution in [0.25, 0.3) is 0 Å². The van der Waals surface area contributed by atoms with Crippen LogP contribution in [0.5, 0.6) is 5.75 Å². The average molecular weight is 399 g/mol. The fourth-order valence-corrected chi connectivity index (χ4v) is 5.44. The molecule has 0 amide bonds. The van der Waals surface area contributed by atoms with Crippen molar-refractivity contribution in [3.05, 3.63) is 35.6 Å². The zero-order chi connectivity index (χ0) is 20.5. The zero-order valence-electron chi connectivity index (χ0n) is 17.7.